The van der Waals surface area contributed by atoms with E-state index in [0.717, 1.165) is 22.4 Å². The molecule has 36 heavy (non-hydrogen) atoms. The van der Waals surface area contributed by atoms with Crippen LogP contribution in [0.25, 0.3) is 0 Å². The highest BCUT2D eigenvalue weighted by atomic mass is 16.2. The fourth-order valence-corrected chi connectivity index (χ4v) is 4.14. The molecule has 4 aromatic rings. The number of benzene rings is 4. The molecule has 1 unspecified atom stereocenters. The molecule has 0 heterocycles. The van der Waals surface area contributed by atoms with E-state index in [1.165, 1.54) is 0 Å². The highest BCUT2D eigenvalue weighted by Crippen LogP contribution is 2.27. The monoisotopic (exact) mass is 477 g/mol. The first-order valence-corrected chi connectivity index (χ1v) is 12.0. The van der Waals surface area contributed by atoms with Crippen molar-refractivity contribution in [3.05, 3.63) is 132 Å². The Morgan fingerprint density at radius 3 is 1.78 bits per heavy atom. The molecule has 1 N–H and O–H groups in total. The minimum atomic E-state index is -0.795. The van der Waals surface area contributed by atoms with Crippen LogP contribution in [-0.2, 0) is 22.6 Å². The molecule has 0 saturated heterocycles. The summed E-state index contributed by atoms with van der Waals surface area (Å²) in [7, 11) is 3.94. The van der Waals surface area contributed by atoms with E-state index in [4.69, 9.17) is 0 Å². The Hall–Kier alpha value is -4.38. The van der Waals surface area contributed by atoms with Crippen molar-refractivity contribution in [1.82, 2.24) is 4.90 Å². The predicted octanol–water partition coefficient (Wildman–Crippen LogP) is 5.70. The third-order valence-electron chi connectivity index (χ3n) is 6.04. The Balaban J connectivity index is 1.68. The molecule has 0 aromatic heterocycles. The molecule has 0 radical (unpaired) electrons. The number of amides is 2. The van der Waals surface area contributed by atoms with Crippen LogP contribution in [0.1, 0.15) is 22.7 Å². The minimum Gasteiger partial charge on any atom is -0.378 e. The highest BCUT2D eigenvalue weighted by Gasteiger charge is 2.31. The third-order valence-corrected chi connectivity index (χ3v) is 6.04. The summed E-state index contributed by atoms with van der Waals surface area (Å²) in [6, 6.07) is 35.8. The van der Waals surface area contributed by atoms with Crippen molar-refractivity contribution < 1.29 is 9.59 Å². The molecule has 0 spiro atoms. The van der Waals surface area contributed by atoms with Crippen LogP contribution in [0.15, 0.2) is 115 Å². The van der Waals surface area contributed by atoms with E-state index < -0.39 is 6.04 Å². The van der Waals surface area contributed by atoms with Crippen molar-refractivity contribution >= 4 is 23.2 Å². The summed E-state index contributed by atoms with van der Waals surface area (Å²) >= 11 is 0. The van der Waals surface area contributed by atoms with E-state index in [-0.39, 0.29) is 18.2 Å². The summed E-state index contributed by atoms with van der Waals surface area (Å²) in [4.78, 5) is 31.2. The summed E-state index contributed by atoms with van der Waals surface area (Å²) in [6.07, 6.45) is 0.210. The van der Waals surface area contributed by atoms with Crippen LogP contribution < -0.4 is 10.2 Å². The zero-order chi connectivity index (χ0) is 25.3. The first-order valence-electron chi connectivity index (χ1n) is 12.0. The number of rotatable bonds is 9. The molecule has 182 valence electrons. The van der Waals surface area contributed by atoms with Crippen LogP contribution in [0.3, 0.4) is 0 Å². The topological polar surface area (TPSA) is 52.7 Å². The molecule has 4 aromatic carbocycles. The van der Waals surface area contributed by atoms with Gasteiger partial charge in [0.15, 0.2) is 0 Å². The van der Waals surface area contributed by atoms with E-state index in [9.17, 15) is 9.59 Å². The Morgan fingerprint density at radius 2 is 1.22 bits per heavy atom. The van der Waals surface area contributed by atoms with E-state index in [2.05, 4.69) is 5.32 Å². The number of nitrogens with one attached hydrogen (secondary N) is 1. The second-order valence-corrected chi connectivity index (χ2v) is 8.91. The third kappa shape index (κ3) is 6.39. The van der Waals surface area contributed by atoms with Crippen molar-refractivity contribution in [2.45, 2.75) is 19.0 Å². The zero-order valence-electron chi connectivity index (χ0n) is 20.7. The van der Waals surface area contributed by atoms with E-state index in [0.29, 0.717) is 12.2 Å². The van der Waals surface area contributed by atoms with Gasteiger partial charge in [0.05, 0.1) is 6.42 Å². The predicted molar refractivity (Wildman–Crippen MR) is 146 cm³/mol. The van der Waals surface area contributed by atoms with Gasteiger partial charge in [-0.15, -0.1) is 0 Å². The molecule has 0 aliphatic heterocycles. The maximum absolute atomic E-state index is 13.8. The van der Waals surface area contributed by atoms with Crippen molar-refractivity contribution in [3.63, 3.8) is 0 Å². The Morgan fingerprint density at radius 1 is 0.694 bits per heavy atom. The SMILES string of the molecule is CN(C)c1ccc(NC(=O)C(c2ccccc2)N(Cc2ccccc2)C(=O)Cc2ccccc2)cc1. The van der Waals surface area contributed by atoms with Crippen LogP contribution in [0.4, 0.5) is 11.4 Å². The quantitative estimate of drug-likeness (QED) is 0.336. The normalized spacial score (nSPS) is 11.4. The molecule has 1 atom stereocenters. The van der Waals surface area contributed by atoms with Gasteiger partial charge in [0.1, 0.15) is 6.04 Å². The van der Waals surface area contributed by atoms with Crippen LogP contribution in [0, 0.1) is 0 Å². The van der Waals surface area contributed by atoms with Gasteiger partial charge in [0.25, 0.3) is 5.91 Å². The molecule has 5 heteroatoms. The largest absolute Gasteiger partial charge is 0.378 e. The lowest BCUT2D eigenvalue weighted by Gasteiger charge is -2.32. The van der Waals surface area contributed by atoms with Gasteiger partial charge < -0.3 is 15.1 Å². The summed E-state index contributed by atoms with van der Waals surface area (Å²) < 4.78 is 0. The second-order valence-electron chi connectivity index (χ2n) is 8.91. The van der Waals surface area contributed by atoms with Gasteiger partial charge in [-0.25, -0.2) is 0 Å². The molecule has 0 saturated carbocycles. The number of anilines is 2. The lowest BCUT2D eigenvalue weighted by Crippen LogP contribution is -2.41. The lowest BCUT2D eigenvalue weighted by molar-refractivity contribution is -0.139. The summed E-state index contributed by atoms with van der Waals surface area (Å²) in [5, 5.41) is 3.04. The molecule has 0 bridgehead atoms. The average molecular weight is 478 g/mol. The van der Waals surface area contributed by atoms with Gasteiger partial charge in [-0.1, -0.05) is 91.0 Å². The average Bonchev–Trinajstić information content (AvgIpc) is 2.90. The first kappa shape index (κ1) is 24.7. The lowest BCUT2D eigenvalue weighted by atomic mass is 10.0. The Labute approximate surface area is 213 Å². The molecular formula is C31H31N3O2. The van der Waals surface area contributed by atoms with Gasteiger partial charge in [0, 0.05) is 32.0 Å². The second kappa shape index (κ2) is 11.8. The molecule has 0 fully saturated rings. The molecule has 5 nitrogen and oxygen atoms in total. The highest BCUT2D eigenvalue weighted by molar-refractivity contribution is 5.98. The molecule has 2 amide bonds. The summed E-state index contributed by atoms with van der Waals surface area (Å²) in [6.45, 7) is 0.319. The molecule has 4 rings (SSSR count). The van der Waals surface area contributed by atoms with Crippen LogP contribution in [0.5, 0.6) is 0 Å². The van der Waals surface area contributed by atoms with Crippen molar-refractivity contribution in [2.75, 3.05) is 24.3 Å². The number of hydrogen-bond donors (Lipinski definition) is 1. The fourth-order valence-electron chi connectivity index (χ4n) is 4.14. The van der Waals surface area contributed by atoms with Crippen LogP contribution >= 0.6 is 0 Å². The van der Waals surface area contributed by atoms with Crippen molar-refractivity contribution in [2.24, 2.45) is 0 Å². The van der Waals surface area contributed by atoms with Gasteiger partial charge in [-0.05, 0) is 41.0 Å². The standard InChI is InChI=1S/C31H31N3O2/c1-33(2)28-20-18-27(19-21-28)32-31(36)30(26-16-10-5-11-17-26)34(23-25-14-8-4-9-15-25)29(35)22-24-12-6-3-7-13-24/h3-21,30H,22-23H2,1-2H3,(H,32,36). The first-order chi connectivity index (χ1) is 17.5. The maximum atomic E-state index is 13.8. The molecular weight excluding hydrogens is 446 g/mol. The molecule has 0 aliphatic rings. The number of nitrogens with zero attached hydrogens (tertiary/aromatic N) is 2. The van der Waals surface area contributed by atoms with Gasteiger partial charge >= 0.3 is 0 Å². The summed E-state index contributed by atoms with van der Waals surface area (Å²) in [5.41, 5.74) is 4.35. The molecule has 0 aliphatic carbocycles. The Bertz CT molecular complexity index is 1260. The van der Waals surface area contributed by atoms with E-state index in [1.54, 1.807) is 4.90 Å². The number of hydrogen-bond acceptors (Lipinski definition) is 3. The van der Waals surface area contributed by atoms with E-state index >= 15 is 0 Å². The summed E-state index contributed by atoms with van der Waals surface area (Å²) in [5.74, 6) is -0.367. The zero-order valence-corrected chi connectivity index (χ0v) is 20.7. The van der Waals surface area contributed by atoms with Gasteiger partial charge in [0.2, 0.25) is 5.91 Å². The number of carbonyl (C=O) groups excluding carboxylic acids is 2. The number of carbonyl (C=O) groups is 2. The van der Waals surface area contributed by atoms with Crippen LogP contribution in [-0.4, -0.2) is 30.8 Å². The fraction of sp³-hybridized carbons (Fsp3) is 0.161. The smallest absolute Gasteiger partial charge is 0.251 e. The van der Waals surface area contributed by atoms with Crippen molar-refractivity contribution in [1.29, 1.82) is 0 Å². The van der Waals surface area contributed by atoms with E-state index in [1.807, 2.05) is 134 Å². The van der Waals surface area contributed by atoms with Gasteiger partial charge in [-0.2, -0.15) is 0 Å². The van der Waals surface area contributed by atoms with Gasteiger partial charge in [-0.3, -0.25) is 9.59 Å². The minimum absolute atomic E-state index is 0.114. The maximum Gasteiger partial charge on any atom is 0.251 e. The van der Waals surface area contributed by atoms with Crippen molar-refractivity contribution in [3.8, 4) is 0 Å². The Kier molecular flexibility index (Phi) is 8.14. The van der Waals surface area contributed by atoms with Crippen LogP contribution in [0.2, 0.25) is 0 Å².